The van der Waals surface area contributed by atoms with Crippen LogP contribution in [0.25, 0.3) is 6.08 Å². The van der Waals surface area contributed by atoms with Crippen LogP contribution in [0.5, 0.6) is 11.5 Å². The fourth-order valence-electron chi connectivity index (χ4n) is 2.19. The lowest BCUT2D eigenvalue weighted by Gasteiger charge is -2.08. The highest BCUT2D eigenvalue weighted by molar-refractivity contribution is 7.95. The van der Waals surface area contributed by atoms with Crippen LogP contribution in [0.15, 0.2) is 70.5 Å². The van der Waals surface area contributed by atoms with Gasteiger partial charge in [0.05, 0.1) is 12.0 Å². The summed E-state index contributed by atoms with van der Waals surface area (Å²) in [6, 6.07) is 14.3. The van der Waals surface area contributed by atoms with E-state index in [9.17, 15) is 18.5 Å². The number of benzene rings is 2. The van der Waals surface area contributed by atoms with E-state index < -0.39 is 15.8 Å². The molecule has 27 heavy (non-hydrogen) atoms. The molecular weight excluding hydrogens is 366 g/mol. The van der Waals surface area contributed by atoms with Gasteiger partial charge in [0.1, 0.15) is 11.0 Å². The maximum Gasteiger partial charge on any atom is 0.308 e. The molecule has 2 aromatic carbocycles. The zero-order valence-corrected chi connectivity index (χ0v) is 15.6. The van der Waals surface area contributed by atoms with Gasteiger partial charge in [-0.05, 0) is 35.9 Å². The van der Waals surface area contributed by atoms with Gasteiger partial charge in [0.25, 0.3) is 0 Å². The van der Waals surface area contributed by atoms with Crippen LogP contribution < -0.4 is 9.47 Å². The molecule has 0 N–H and O–H groups in total. The molecule has 0 unspecified atom stereocenters. The number of carbonyl (C=O) groups excluding carboxylic acids is 1. The van der Waals surface area contributed by atoms with E-state index in [4.69, 9.17) is 9.47 Å². The van der Waals surface area contributed by atoms with Crippen molar-refractivity contribution in [3.63, 3.8) is 0 Å². The first-order valence-electron chi connectivity index (χ1n) is 7.83. The lowest BCUT2D eigenvalue weighted by atomic mass is 10.2. The SMILES string of the molecule is COc1cc(C=CC=C(C#N)S(=O)(=O)c2ccccc2)ccc1OC(C)=O. The van der Waals surface area contributed by atoms with Gasteiger partial charge in [-0.25, -0.2) is 8.42 Å². The molecule has 0 bridgehead atoms. The fraction of sp³-hybridized carbons (Fsp3) is 0.100. The highest BCUT2D eigenvalue weighted by Gasteiger charge is 2.19. The second kappa shape index (κ2) is 8.83. The number of allylic oxidation sites excluding steroid dienone is 3. The van der Waals surface area contributed by atoms with E-state index in [1.807, 2.05) is 0 Å². The molecule has 2 rings (SSSR count). The van der Waals surface area contributed by atoms with Gasteiger partial charge in [0.15, 0.2) is 11.5 Å². The van der Waals surface area contributed by atoms with Crippen molar-refractivity contribution in [1.29, 1.82) is 5.26 Å². The van der Waals surface area contributed by atoms with Crippen molar-refractivity contribution in [1.82, 2.24) is 0 Å². The second-order valence-electron chi connectivity index (χ2n) is 5.32. The molecule has 0 aliphatic heterocycles. The zero-order valence-electron chi connectivity index (χ0n) is 14.7. The minimum Gasteiger partial charge on any atom is -0.493 e. The molecular formula is C20H17NO5S. The van der Waals surface area contributed by atoms with E-state index in [1.165, 1.54) is 38.3 Å². The highest BCUT2D eigenvalue weighted by Crippen LogP contribution is 2.28. The average Bonchev–Trinajstić information content (AvgIpc) is 2.66. The van der Waals surface area contributed by atoms with E-state index >= 15 is 0 Å². The number of sulfone groups is 1. The molecule has 0 heterocycles. The van der Waals surface area contributed by atoms with Crippen LogP contribution in [0.4, 0.5) is 0 Å². The van der Waals surface area contributed by atoms with E-state index in [1.54, 1.807) is 48.5 Å². The molecule has 0 aromatic heterocycles. The summed E-state index contributed by atoms with van der Waals surface area (Å²) in [5.41, 5.74) is 0.674. The molecule has 0 amide bonds. The normalized spacial score (nSPS) is 11.8. The van der Waals surface area contributed by atoms with Crippen LogP contribution in [0, 0.1) is 11.3 Å². The Bertz CT molecular complexity index is 1030. The largest absolute Gasteiger partial charge is 0.493 e. The molecule has 0 saturated heterocycles. The van der Waals surface area contributed by atoms with Crippen molar-refractivity contribution in [3.05, 3.63) is 71.2 Å². The Balaban J connectivity index is 2.29. The van der Waals surface area contributed by atoms with Crippen molar-refractivity contribution in [3.8, 4) is 17.6 Å². The van der Waals surface area contributed by atoms with Crippen LogP contribution in [0.2, 0.25) is 0 Å². The van der Waals surface area contributed by atoms with Crippen LogP contribution in [-0.4, -0.2) is 21.5 Å². The standard InChI is InChI=1S/C20H17NO5S/c1-15(22)26-19-12-11-16(13-20(19)25-2)7-6-10-18(14-21)27(23,24)17-8-4-3-5-9-17/h3-13H,1-2H3. The number of carbonyl (C=O) groups is 1. The number of hydrogen-bond donors (Lipinski definition) is 0. The first-order valence-corrected chi connectivity index (χ1v) is 9.32. The highest BCUT2D eigenvalue weighted by atomic mass is 32.2. The number of rotatable bonds is 6. The summed E-state index contributed by atoms with van der Waals surface area (Å²) in [5, 5.41) is 9.22. The van der Waals surface area contributed by atoms with Gasteiger partial charge in [-0.2, -0.15) is 5.26 Å². The topological polar surface area (TPSA) is 93.5 Å². The van der Waals surface area contributed by atoms with Gasteiger partial charge in [-0.15, -0.1) is 0 Å². The summed E-state index contributed by atoms with van der Waals surface area (Å²) in [6.07, 6.45) is 4.30. The van der Waals surface area contributed by atoms with Crippen molar-refractivity contribution in [2.24, 2.45) is 0 Å². The Morgan fingerprint density at radius 3 is 2.41 bits per heavy atom. The summed E-state index contributed by atoms with van der Waals surface area (Å²) >= 11 is 0. The van der Waals surface area contributed by atoms with Crippen molar-refractivity contribution in [2.75, 3.05) is 7.11 Å². The third-order valence-corrected chi connectivity index (χ3v) is 5.13. The van der Waals surface area contributed by atoms with E-state index in [2.05, 4.69) is 0 Å². The monoisotopic (exact) mass is 383 g/mol. The lowest BCUT2D eigenvalue weighted by molar-refractivity contribution is -0.132. The Labute approximate surface area is 157 Å². The van der Waals surface area contributed by atoms with Crippen LogP contribution >= 0.6 is 0 Å². The van der Waals surface area contributed by atoms with E-state index in [-0.39, 0.29) is 15.6 Å². The van der Waals surface area contributed by atoms with Gasteiger partial charge < -0.3 is 9.47 Å². The molecule has 0 aliphatic carbocycles. The van der Waals surface area contributed by atoms with Crippen LogP contribution in [0.1, 0.15) is 12.5 Å². The maximum absolute atomic E-state index is 12.5. The Morgan fingerprint density at radius 2 is 1.81 bits per heavy atom. The number of methoxy groups -OCH3 is 1. The Kier molecular flexibility index (Phi) is 6.52. The molecule has 138 valence electrons. The first kappa shape index (κ1) is 19.9. The molecule has 2 aromatic rings. The molecule has 0 spiro atoms. The molecule has 0 aliphatic rings. The minimum atomic E-state index is -3.87. The van der Waals surface area contributed by atoms with Gasteiger partial charge in [-0.1, -0.05) is 36.4 Å². The van der Waals surface area contributed by atoms with Crippen molar-refractivity contribution < 1.29 is 22.7 Å². The quantitative estimate of drug-likeness (QED) is 0.328. The molecule has 7 heteroatoms. The number of ether oxygens (including phenoxy) is 2. The third-order valence-electron chi connectivity index (χ3n) is 3.43. The Hall–Kier alpha value is -3.37. The Morgan fingerprint density at radius 1 is 1.11 bits per heavy atom. The van der Waals surface area contributed by atoms with E-state index in [0.717, 1.165) is 0 Å². The molecule has 6 nitrogen and oxygen atoms in total. The van der Waals surface area contributed by atoms with Crippen molar-refractivity contribution >= 4 is 21.9 Å². The molecule has 0 radical (unpaired) electrons. The van der Waals surface area contributed by atoms with Gasteiger partial charge >= 0.3 is 5.97 Å². The second-order valence-corrected chi connectivity index (χ2v) is 7.24. The molecule has 0 fully saturated rings. The fourth-order valence-corrected chi connectivity index (χ4v) is 3.33. The van der Waals surface area contributed by atoms with E-state index in [0.29, 0.717) is 11.3 Å². The van der Waals surface area contributed by atoms with Crippen molar-refractivity contribution in [2.45, 2.75) is 11.8 Å². The van der Waals surface area contributed by atoms with Gasteiger partial charge in [-0.3, -0.25) is 4.79 Å². The summed E-state index contributed by atoms with van der Waals surface area (Å²) in [5.74, 6) is 0.167. The zero-order chi connectivity index (χ0) is 19.9. The minimum absolute atomic E-state index is 0.0543. The molecule has 0 atom stereocenters. The summed E-state index contributed by atoms with van der Waals surface area (Å²) in [4.78, 5) is 10.8. The van der Waals surface area contributed by atoms with Crippen LogP contribution in [-0.2, 0) is 14.6 Å². The number of nitrogens with zero attached hydrogens (tertiary/aromatic N) is 1. The average molecular weight is 383 g/mol. The summed E-state index contributed by atoms with van der Waals surface area (Å²) in [6.45, 7) is 1.29. The number of esters is 1. The van der Waals surface area contributed by atoms with Gasteiger partial charge in [0.2, 0.25) is 9.84 Å². The summed E-state index contributed by atoms with van der Waals surface area (Å²) in [7, 11) is -2.43. The number of hydrogen-bond acceptors (Lipinski definition) is 6. The maximum atomic E-state index is 12.5. The van der Waals surface area contributed by atoms with Gasteiger partial charge in [0, 0.05) is 6.92 Å². The predicted octanol–water partition coefficient (Wildman–Crippen LogP) is 3.52. The first-order chi connectivity index (χ1) is 12.9. The lowest BCUT2D eigenvalue weighted by Crippen LogP contribution is -2.03. The third kappa shape index (κ3) is 5.06. The summed E-state index contributed by atoms with van der Waals surface area (Å²) < 4.78 is 35.1. The number of nitriles is 1. The predicted molar refractivity (Wildman–Crippen MR) is 101 cm³/mol. The molecule has 0 saturated carbocycles. The smallest absolute Gasteiger partial charge is 0.308 e. The van der Waals surface area contributed by atoms with Crippen LogP contribution in [0.3, 0.4) is 0 Å².